The third kappa shape index (κ3) is 3.20. The zero-order chi connectivity index (χ0) is 16.4. The summed E-state index contributed by atoms with van der Waals surface area (Å²) in [5.74, 6) is -0.129. The van der Waals surface area contributed by atoms with E-state index < -0.39 is 16.3 Å². The van der Waals surface area contributed by atoms with E-state index in [0.29, 0.717) is 12.7 Å². The van der Waals surface area contributed by atoms with E-state index in [-0.39, 0.29) is 18.0 Å². The van der Waals surface area contributed by atoms with Crippen LogP contribution in [-0.4, -0.2) is 32.4 Å². The first-order valence-corrected chi connectivity index (χ1v) is 8.55. The summed E-state index contributed by atoms with van der Waals surface area (Å²) < 4.78 is 27.2. The Labute approximate surface area is 134 Å². The molecule has 3 rings (SSSR count). The van der Waals surface area contributed by atoms with Gasteiger partial charge in [-0.2, -0.15) is 13.1 Å². The lowest BCUT2D eigenvalue weighted by Crippen LogP contribution is -2.30. The van der Waals surface area contributed by atoms with Gasteiger partial charge in [0.25, 0.3) is 0 Å². The maximum Gasteiger partial charge on any atom is 0.302 e. The number of hydrogen-bond acceptors (Lipinski definition) is 4. The minimum Gasteiger partial charge on any atom is -0.506 e. The zero-order valence-electron chi connectivity index (χ0n) is 12.2. The Morgan fingerprint density at radius 1 is 1.17 bits per heavy atom. The number of aromatic hydroxyl groups is 1. The van der Waals surface area contributed by atoms with Crippen LogP contribution < -0.4 is 9.03 Å². The molecule has 0 amide bonds. The van der Waals surface area contributed by atoms with E-state index >= 15 is 0 Å². The number of anilines is 1. The van der Waals surface area contributed by atoms with Gasteiger partial charge in [0.1, 0.15) is 12.0 Å². The Kier molecular flexibility index (Phi) is 4.06. The maximum absolute atomic E-state index is 12.0. The number of hydrogen-bond donors (Lipinski definition) is 2. The number of nitrogens with one attached hydrogen (secondary N) is 1. The average Bonchev–Trinajstić information content (AvgIpc) is 2.83. The first kappa shape index (κ1) is 15.5. The molecular formula is C16H16N2O4S. The Morgan fingerprint density at radius 2 is 1.91 bits per heavy atom. The molecule has 23 heavy (non-hydrogen) atoms. The number of carbonyl (C=O) groups excluding carboxylic acids is 1. The molecule has 0 spiro atoms. The van der Waals surface area contributed by atoms with E-state index in [4.69, 9.17) is 0 Å². The van der Waals surface area contributed by atoms with Gasteiger partial charge in [0.05, 0.1) is 18.3 Å². The van der Waals surface area contributed by atoms with Crippen LogP contribution in [0.2, 0.25) is 0 Å². The smallest absolute Gasteiger partial charge is 0.302 e. The van der Waals surface area contributed by atoms with Crippen molar-refractivity contribution in [3.8, 4) is 5.75 Å². The van der Waals surface area contributed by atoms with Crippen LogP contribution in [0.5, 0.6) is 5.75 Å². The van der Waals surface area contributed by atoms with E-state index in [9.17, 15) is 18.3 Å². The summed E-state index contributed by atoms with van der Waals surface area (Å²) in [6.07, 6.45) is 1.18. The molecule has 0 radical (unpaired) electrons. The molecule has 1 unspecified atom stereocenters. The van der Waals surface area contributed by atoms with Gasteiger partial charge < -0.3 is 9.90 Å². The predicted molar refractivity (Wildman–Crippen MR) is 86.6 cm³/mol. The van der Waals surface area contributed by atoms with Crippen LogP contribution in [0.15, 0.2) is 48.5 Å². The van der Waals surface area contributed by atoms with Crippen LogP contribution in [0.25, 0.3) is 0 Å². The second kappa shape index (κ2) is 6.02. The number of nitrogens with zero attached hydrogens (tertiary/aromatic N) is 1. The summed E-state index contributed by atoms with van der Waals surface area (Å²) in [4.78, 5) is 10.8. The van der Waals surface area contributed by atoms with Crippen LogP contribution in [0.1, 0.15) is 11.1 Å². The Bertz CT molecular complexity index is 821. The molecule has 0 aliphatic carbocycles. The third-order valence-corrected chi connectivity index (χ3v) is 5.20. The number of aldehydes is 1. The van der Waals surface area contributed by atoms with Gasteiger partial charge >= 0.3 is 10.2 Å². The molecule has 0 aromatic heterocycles. The molecule has 120 valence electrons. The normalized spacial score (nSPS) is 19.7. The molecule has 1 aliphatic heterocycles. The Morgan fingerprint density at radius 3 is 2.52 bits per heavy atom. The highest BCUT2D eigenvalue weighted by Gasteiger charge is 2.36. The molecule has 2 aromatic rings. The average molecular weight is 332 g/mol. The third-order valence-electron chi connectivity index (χ3n) is 3.68. The van der Waals surface area contributed by atoms with Gasteiger partial charge in [-0.25, -0.2) is 0 Å². The molecular weight excluding hydrogens is 316 g/mol. The number of carbonyl (C=O) groups is 1. The minimum atomic E-state index is -3.80. The van der Waals surface area contributed by atoms with E-state index in [0.717, 1.165) is 15.4 Å². The molecule has 1 atom stereocenters. The summed E-state index contributed by atoms with van der Waals surface area (Å²) in [6.45, 7) is -0.0303. The SMILES string of the molecule is O=CC1CN(c2ccc(Cc3ccccc3)cc2O)S(=O)(=O)N1. The van der Waals surface area contributed by atoms with Gasteiger partial charge in [-0.15, -0.1) is 0 Å². The molecule has 1 saturated heterocycles. The van der Waals surface area contributed by atoms with Crippen LogP contribution >= 0.6 is 0 Å². The van der Waals surface area contributed by atoms with Gasteiger partial charge in [-0.1, -0.05) is 36.4 Å². The summed E-state index contributed by atoms with van der Waals surface area (Å²) in [5, 5.41) is 10.2. The zero-order valence-corrected chi connectivity index (χ0v) is 13.0. The fourth-order valence-corrected chi connectivity index (χ4v) is 4.00. The lowest BCUT2D eigenvalue weighted by atomic mass is 10.0. The monoisotopic (exact) mass is 332 g/mol. The molecule has 0 bridgehead atoms. The molecule has 7 heteroatoms. The van der Waals surface area contributed by atoms with Crippen molar-refractivity contribution in [2.45, 2.75) is 12.5 Å². The van der Waals surface area contributed by atoms with Crippen LogP contribution in [0.3, 0.4) is 0 Å². The lowest BCUT2D eigenvalue weighted by molar-refractivity contribution is -0.108. The van der Waals surface area contributed by atoms with E-state index in [1.54, 1.807) is 18.2 Å². The number of phenolic OH excluding ortho intramolecular Hbond substituents is 1. The van der Waals surface area contributed by atoms with Gasteiger partial charge in [-0.3, -0.25) is 4.31 Å². The van der Waals surface area contributed by atoms with Crippen molar-refractivity contribution >= 4 is 22.2 Å². The van der Waals surface area contributed by atoms with E-state index in [1.165, 1.54) is 0 Å². The van der Waals surface area contributed by atoms with Crippen molar-refractivity contribution in [3.63, 3.8) is 0 Å². The first-order valence-electron chi connectivity index (χ1n) is 7.11. The minimum absolute atomic E-state index is 0.0303. The van der Waals surface area contributed by atoms with Gasteiger partial charge in [-0.05, 0) is 29.7 Å². The van der Waals surface area contributed by atoms with Gasteiger partial charge in [0, 0.05) is 0 Å². The summed E-state index contributed by atoms with van der Waals surface area (Å²) in [7, 11) is -3.80. The fourth-order valence-electron chi connectivity index (χ4n) is 2.59. The largest absolute Gasteiger partial charge is 0.506 e. The second-order valence-electron chi connectivity index (χ2n) is 5.38. The first-order chi connectivity index (χ1) is 11.0. The summed E-state index contributed by atoms with van der Waals surface area (Å²) >= 11 is 0. The predicted octanol–water partition coefficient (Wildman–Crippen LogP) is 1.20. The van der Waals surface area contributed by atoms with Crippen LogP contribution in [0, 0.1) is 0 Å². The molecule has 6 nitrogen and oxygen atoms in total. The van der Waals surface area contributed by atoms with Crippen molar-refractivity contribution < 1.29 is 18.3 Å². The number of phenols is 1. The fraction of sp³-hybridized carbons (Fsp3) is 0.188. The second-order valence-corrected chi connectivity index (χ2v) is 7.01. The molecule has 2 aromatic carbocycles. The number of rotatable bonds is 4. The molecule has 1 fully saturated rings. The van der Waals surface area contributed by atoms with Crippen LogP contribution in [-0.2, 0) is 21.4 Å². The van der Waals surface area contributed by atoms with E-state index in [2.05, 4.69) is 4.72 Å². The molecule has 1 aliphatic rings. The van der Waals surface area contributed by atoms with Crippen molar-refractivity contribution in [1.29, 1.82) is 0 Å². The van der Waals surface area contributed by atoms with Crippen molar-refractivity contribution in [3.05, 3.63) is 59.7 Å². The summed E-state index contributed by atoms with van der Waals surface area (Å²) in [5.41, 5.74) is 2.13. The highest BCUT2D eigenvalue weighted by atomic mass is 32.2. The molecule has 1 heterocycles. The molecule has 0 saturated carbocycles. The quantitative estimate of drug-likeness (QED) is 0.824. The molecule has 2 N–H and O–H groups in total. The maximum atomic E-state index is 12.0. The van der Waals surface area contributed by atoms with Crippen molar-refractivity contribution in [2.75, 3.05) is 10.8 Å². The highest BCUT2D eigenvalue weighted by molar-refractivity contribution is 7.91. The highest BCUT2D eigenvalue weighted by Crippen LogP contribution is 2.32. The van der Waals surface area contributed by atoms with Gasteiger partial charge in [0.15, 0.2) is 0 Å². The Hall–Kier alpha value is -2.38. The van der Waals surface area contributed by atoms with Gasteiger partial charge in [0.2, 0.25) is 0 Å². The van der Waals surface area contributed by atoms with Crippen molar-refractivity contribution in [2.24, 2.45) is 0 Å². The van der Waals surface area contributed by atoms with Crippen LogP contribution in [0.4, 0.5) is 5.69 Å². The summed E-state index contributed by atoms with van der Waals surface area (Å²) in [6, 6.07) is 13.8. The standard InChI is InChI=1S/C16H16N2O4S/c19-11-14-10-18(23(21,22)17-14)15-7-6-13(9-16(15)20)8-12-4-2-1-3-5-12/h1-7,9,11,14,17,20H,8,10H2. The lowest BCUT2D eigenvalue weighted by Gasteiger charge is -2.17. The Balaban J connectivity index is 1.87. The number of benzene rings is 2. The van der Waals surface area contributed by atoms with E-state index in [1.807, 2.05) is 30.3 Å². The van der Waals surface area contributed by atoms with Crippen molar-refractivity contribution in [1.82, 2.24) is 4.72 Å². The topological polar surface area (TPSA) is 86.7 Å².